The third-order valence-corrected chi connectivity index (χ3v) is 5.22. The van der Waals surface area contributed by atoms with Crippen LogP contribution in [0.4, 0.5) is 4.79 Å². The van der Waals surface area contributed by atoms with Crippen LogP contribution in [-0.2, 0) is 11.3 Å². The minimum absolute atomic E-state index is 0.0964. The average molecular weight is 463 g/mol. The van der Waals surface area contributed by atoms with Crippen molar-refractivity contribution in [3.05, 3.63) is 54.6 Å². The van der Waals surface area contributed by atoms with E-state index in [4.69, 9.17) is 14.4 Å². The van der Waals surface area contributed by atoms with E-state index in [1.54, 1.807) is 60.9 Å². The molecule has 11 nitrogen and oxygen atoms in total. The highest BCUT2D eigenvalue weighted by Gasteiger charge is 2.39. The maximum atomic E-state index is 12.8. The minimum Gasteiger partial charge on any atom is -0.444 e. The third kappa shape index (κ3) is 5.40. The van der Waals surface area contributed by atoms with Gasteiger partial charge in [-0.3, -0.25) is 9.48 Å². The van der Waals surface area contributed by atoms with E-state index in [1.165, 1.54) is 12.5 Å². The number of amides is 2. The molecule has 1 aliphatic heterocycles. The van der Waals surface area contributed by atoms with Crippen molar-refractivity contribution in [2.45, 2.75) is 51.4 Å². The van der Waals surface area contributed by atoms with Gasteiger partial charge < -0.3 is 19.4 Å². The highest BCUT2D eigenvalue weighted by Crippen LogP contribution is 2.24. The van der Waals surface area contributed by atoms with Crippen molar-refractivity contribution in [1.82, 2.24) is 30.0 Å². The molecule has 11 heteroatoms. The fourth-order valence-electron chi connectivity index (χ4n) is 3.78. The molecule has 1 saturated heterocycles. The molecule has 0 unspecified atom stereocenters. The Morgan fingerprint density at radius 1 is 1.35 bits per heavy atom. The fourth-order valence-corrected chi connectivity index (χ4v) is 3.78. The zero-order valence-corrected chi connectivity index (χ0v) is 19.1. The summed E-state index contributed by atoms with van der Waals surface area (Å²) < 4.78 is 12.8. The lowest BCUT2D eigenvalue weighted by Crippen LogP contribution is -2.43. The number of carbonyl (C=O) groups is 2. The topological polar surface area (TPSA) is 139 Å². The van der Waals surface area contributed by atoms with Gasteiger partial charge in [0.2, 0.25) is 0 Å². The van der Waals surface area contributed by atoms with E-state index in [1.807, 2.05) is 0 Å². The minimum atomic E-state index is -0.645. The third-order valence-electron chi connectivity index (χ3n) is 5.22. The first-order valence-electron chi connectivity index (χ1n) is 10.8. The number of aromatic nitrogens is 4. The van der Waals surface area contributed by atoms with Gasteiger partial charge >= 0.3 is 12.0 Å². The SMILES string of the molecule is CC(C)(C)OC(=O)N1C[C@H](NC(=O)c2ncc(-c3cccc(C#N)c3)o2)C[C@H]1Cn1cncn1. The summed E-state index contributed by atoms with van der Waals surface area (Å²) in [6, 6.07) is 8.34. The summed E-state index contributed by atoms with van der Waals surface area (Å²) in [5, 5.41) is 16.1. The Labute approximate surface area is 196 Å². The molecular weight excluding hydrogens is 438 g/mol. The van der Waals surface area contributed by atoms with E-state index in [0.29, 0.717) is 29.9 Å². The summed E-state index contributed by atoms with van der Waals surface area (Å²) >= 11 is 0. The van der Waals surface area contributed by atoms with E-state index in [9.17, 15) is 9.59 Å². The van der Waals surface area contributed by atoms with Gasteiger partial charge in [0.05, 0.1) is 30.4 Å². The van der Waals surface area contributed by atoms with E-state index < -0.39 is 17.6 Å². The second-order valence-electron chi connectivity index (χ2n) is 9.03. The van der Waals surface area contributed by atoms with Crippen LogP contribution >= 0.6 is 0 Å². The number of rotatable bonds is 5. The second-order valence-corrected chi connectivity index (χ2v) is 9.03. The molecule has 2 atom stereocenters. The van der Waals surface area contributed by atoms with Gasteiger partial charge in [0, 0.05) is 18.2 Å². The van der Waals surface area contributed by atoms with E-state index >= 15 is 0 Å². The van der Waals surface area contributed by atoms with Crippen molar-refractivity contribution in [3.63, 3.8) is 0 Å². The lowest BCUT2D eigenvalue weighted by atomic mass is 10.1. The van der Waals surface area contributed by atoms with Gasteiger partial charge in [-0.1, -0.05) is 12.1 Å². The quantitative estimate of drug-likeness (QED) is 0.609. The van der Waals surface area contributed by atoms with Gasteiger partial charge in [-0.25, -0.2) is 14.8 Å². The van der Waals surface area contributed by atoms with Crippen LogP contribution in [0.15, 0.2) is 47.5 Å². The highest BCUT2D eigenvalue weighted by atomic mass is 16.6. The van der Waals surface area contributed by atoms with Gasteiger partial charge in [0.15, 0.2) is 5.76 Å². The predicted octanol–water partition coefficient (Wildman–Crippen LogP) is 2.61. The van der Waals surface area contributed by atoms with Crippen LogP contribution in [0.3, 0.4) is 0 Å². The van der Waals surface area contributed by atoms with Gasteiger partial charge in [0.25, 0.3) is 5.89 Å². The molecule has 34 heavy (non-hydrogen) atoms. The lowest BCUT2D eigenvalue weighted by molar-refractivity contribution is 0.0208. The van der Waals surface area contributed by atoms with Gasteiger partial charge in [0.1, 0.15) is 18.3 Å². The van der Waals surface area contributed by atoms with Gasteiger partial charge in [-0.2, -0.15) is 10.4 Å². The Kier molecular flexibility index (Phi) is 6.32. The number of oxazole rings is 1. The van der Waals surface area contributed by atoms with Crippen molar-refractivity contribution in [2.24, 2.45) is 0 Å². The van der Waals surface area contributed by atoms with E-state index in [-0.39, 0.29) is 24.5 Å². The number of nitrogens with zero attached hydrogens (tertiary/aromatic N) is 6. The summed E-state index contributed by atoms with van der Waals surface area (Å²) in [5.74, 6) is -0.202. The predicted molar refractivity (Wildman–Crippen MR) is 119 cm³/mol. The molecule has 176 valence electrons. The van der Waals surface area contributed by atoms with Crippen molar-refractivity contribution in [3.8, 4) is 17.4 Å². The normalized spacial score (nSPS) is 17.9. The van der Waals surface area contributed by atoms with Crippen LogP contribution in [0.2, 0.25) is 0 Å². The Hall–Kier alpha value is -4.20. The summed E-state index contributed by atoms with van der Waals surface area (Å²) in [6.07, 6.45) is 4.50. The first-order chi connectivity index (χ1) is 16.2. The van der Waals surface area contributed by atoms with Crippen LogP contribution in [-0.4, -0.2) is 60.9 Å². The smallest absolute Gasteiger partial charge is 0.410 e. The number of nitriles is 1. The van der Waals surface area contributed by atoms with Crippen LogP contribution < -0.4 is 5.32 Å². The summed E-state index contributed by atoms with van der Waals surface area (Å²) in [7, 11) is 0. The van der Waals surface area contributed by atoms with Gasteiger partial charge in [-0.15, -0.1) is 0 Å². The van der Waals surface area contributed by atoms with Crippen LogP contribution in [0.1, 0.15) is 43.4 Å². The molecule has 1 fully saturated rings. The largest absolute Gasteiger partial charge is 0.444 e. The summed E-state index contributed by atoms with van der Waals surface area (Å²) in [6.45, 7) is 6.11. The van der Waals surface area contributed by atoms with Crippen LogP contribution in [0.5, 0.6) is 0 Å². The first-order valence-corrected chi connectivity index (χ1v) is 10.8. The molecule has 0 radical (unpaired) electrons. The standard InChI is InChI=1S/C23H25N7O4/c1-23(2,3)34-22(32)30-11-17(8-18(30)12-29-14-25-13-27-29)28-20(31)21-26-10-19(33-21)16-6-4-5-15(7-16)9-24/h4-7,10,13-14,17-18H,8,11-12H2,1-3H3,(H,28,31)/t17-,18+/m1/s1. The average Bonchev–Trinajstić information content (AvgIpc) is 3.54. The number of nitrogens with one attached hydrogen (secondary N) is 1. The molecule has 0 saturated carbocycles. The second kappa shape index (κ2) is 9.35. The maximum absolute atomic E-state index is 12.8. The van der Waals surface area contributed by atoms with Crippen molar-refractivity contribution in [2.75, 3.05) is 6.54 Å². The molecule has 4 rings (SSSR count). The monoisotopic (exact) mass is 463 g/mol. The molecule has 0 aliphatic carbocycles. The van der Waals surface area contributed by atoms with E-state index in [0.717, 1.165) is 0 Å². The molecule has 2 amide bonds. The molecule has 1 aliphatic rings. The molecule has 3 aromatic rings. The Morgan fingerprint density at radius 2 is 2.18 bits per heavy atom. The van der Waals surface area contributed by atoms with Crippen LogP contribution in [0.25, 0.3) is 11.3 Å². The van der Waals surface area contributed by atoms with E-state index in [2.05, 4.69) is 26.5 Å². The van der Waals surface area contributed by atoms with Crippen molar-refractivity contribution >= 4 is 12.0 Å². The number of hydrogen-bond donors (Lipinski definition) is 1. The zero-order chi connectivity index (χ0) is 24.3. The van der Waals surface area contributed by atoms with Crippen molar-refractivity contribution < 1.29 is 18.7 Å². The molecule has 0 spiro atoms. The lowest BCUT2D eigenvalue weighted by Gasteiger charge is -2.28. The Bertz CT molecular complexity index is 1210. The molecule has 0 bridgehead atoms. The fraction of sp³-hybridized carbons (Fsp3) is 0.391. The number of likely N-dealkylation sites (tertiary alicyclic amines) is 1. The van der Waals surface area contributed by atoms with Crippen molar-refractivity contribution in [1.29, 1.82) is 5.26 Å². The highest BCUT2D eigenvalue weighted by molar-refractivity contribution is 5.90. The first kappa shape index (κ1) is 23.0. The molecule has 1 N–H and O–H groups in total. The molecule has 3 heterocycles. The van der Waals surface area contributed by atoms with Gasteiger partial charge in [-0.05, 0) is 39.3 Å². The summed E-state index contributed by atoms with van der Waals surface area (Å²) in [4.78, 5) is 35.3. The molecule has 1 aromatic carbocycles. The number of hydrogen-bond acceptors (Lipinski definition) is 8. The number of benzene rings is 1. The van der Waals surface area contributed by atoms with Crippen LogP contribution in [0, 0.1) is 11.3 Å². The summed E-state index contributed by atoms with van der Waals surface area (Å²) in [5.41, 5.74) is 0.482. The molecular formula is C23H25N7O4. The number of carbonyl (C=O) groups excluding carboxylic acids is 2. The zero-order valence-electron chi connectivity index (χ0n) is 19.1. The Balaban J connectivity index is 1.45. The number of ether oxygens (including phenoxy) is 1. The Morgan fingerprint density at radius 3 is 2.88 bits per heavy atom. The molecule has 2 aromatic heterocycles. The maximum Gasteiger partial charge on any atom is 0.410 e.